The lowest BCUT2D eigenvalue weighted by atomic mass is 10.2. The molecule has 0 aromatic rings. The summed E-state index contributed by atoms with van der Waals surface area (Å²) >= 11 is 0. The van der Waals surface area contributed by atoms with Crippen molar-refractivity contribution in [2.45, 2.75) is 45.2 Å². The van der Waals surface area contributed by atoms with Crippen LogP contribution in [-0.2, 0) is 14.3 Å². The zero-order chi connectivity index (χ0) is 15.0. The van der Waals surface area contributed by atoms with Crippen LogP contribution < -0.4 is 5.32 Å². The lowest BCUT2D eigenvalue weighted by molar-refractivity contribution is -0.147. The van der Waals surface area contributed by atoms with E-state index in [1.165, 1.54) is 12.0 Å². The lowest BCUT2D eigenvalue weighted by Crippen LogP contribution is -2.49. The number of hydrogen-bond acceptors (Lipinski definition) is 4. The second-order valence-electron chi connectivity index (χ2n) is 4.37. The van der Waals surface area contributed by atoms with E-state index in [4.69, 9.17) is 5.11 Å². The van der Waals surface area contributed by atoms with E-state index in [0.717, 1.165) is 12.8 Å². The van der Waals surface area contributed by atoms with Crippen LogP contribution in [0.1, 0.15) is 33.1 Å². The van der Waals surface area contributed by atoms with Crippen LogP contribution in [0.15, 0.2) is 0 Å². The fourth-order valence-corrected chi connectivity index (χ4v) is 1.51. The number of ether oxygens (including phenoxy) is 1. The van der Waals surface area contributed by atoms with Gasteiger partial charge in [-0.05, 0) is 13.3 Å². The molecule has 2 amide bonds. The van der Waals surface area contributed by atoms with Crippen molar-refractivity contribution in [1.29, 1.82) is 0 Å². The van der Waals surface area contributed by atoms with Gasteiger partial charge in [-0.3, -0.25) is 4.79 Å². The molecule has 0 aromatic heterocycles. The van der Waals surface area contributed by atoms with Crippen molar-refractivity contribution in [2.24, 2.45) is 0 Å². The molecule has 0 heterocycles. The first-order valence-corrected chi connectivity index (χ1v) is 6.16. The van der Waals surface area contributed by atoms with Gasteiger partial charge in [-0.15, -0.1) is 0 Å². The summed E-state index contributed by atoms with van der Waals surface area (Å²) in [6.07, 6.45) is 1.34. The summed E-state index contributed by atoms with van der Waals surface area (Å²) in [7, 11) is 2.76. The Hall–Kier alpha value is -1.79. The molecular formula is C12H22N2O5. The van der Waals surface area contributed by atoms with Gasteiger partial charge in [0.25, 0.3) is 0 Å². The van der Waals surface area contributed by atoms with Crippen molar-refractivity contribution in [3.63, 3.8) is 0 Å². The zero-order valence-electron chi connectivity index (χ0n) is 11.8. The van der Waals surface area contributed by atoms with Gasteiger partial charge in [-0.1, -0.05) is 13.3 Å². The maximum Gasteiger partial charge on any atom is 0.326 e. The van der Waals surface area contributed by atoms with Crippen LogP contribution in [0, 0.1) is 0 Å². The first-order chi connectivity index (χ1) is 8.83. The molecule has 0 aliphatic rings. The summed E-state index contributed by atoms with van der Waals surface area (Å²) in [5.74, 6) is -1.95. The molecule has 0 saturated carbocycles. The van der Waals surface area contributed by atoms with Crippen molar-refractivity contribution in [3.8, 4) is 0 Å². The minimum absolute atomic E-state index is 0.00225. The topological polar surface area (TPSA) is 95.9 Å². The molecule has 0 radical (unpaired) electrons. The Morgan fingerprint density at radius 3 is 2.37 bits per heavy atom. The third kappa shape index (κ3) is 6.08. The van der Waals surface area contributed by atoms with Crippen LogP contribution in [0.3, 0.4) is 0 Å². The average Bonchev–Trinajstić information content (AvgIpc) is 2.36. The number of carbonyl (C=O) groups excluding carboxylic acids is 2. The second kappa shape index (κ2) is 8.34. The molecule has 0 fully saturated rings. The number of hydrogen-bond donors (Lipinski definition) is 2. The van der Waals surface area contributed by atoms with E-state index in [-0.39, 0.29) is 6.04 Å². The molecule has 7 nitrogen and oxygen atoms in total. The molecule has 19 heavy (non-hydrogen) atoms. The van der Waals surface area contributed by atoms with Gasteiger partial charge < -0.3 is 20.1 Å². The number of urea groups is 1. The molecule has 2 atom stereocenters. The fourth-order valence-electron chi connectivity index (χ4n) is 1.51. The Morgan fingerprint density at radius 2 is 1.95 bits per heavy atom. The van der Waals surface area contributed by atoms with Gasteiger partial charge in [0.2, 0.25) is 0 Å². The molecule has 1 unspecified atom stereocenters. The van der Waals surface area contributed by atoms with Crippen LogP contribution in [-0.4, -0.2) is 54.2 Å². The molecular weight excluding hydrogens is 252 g/mol. The highest BCUT2D eigenvalue weighted by atomic mass is 16.5. The van der Waals surface area contributed by atoms with E-state index in [1.54, 1.807) is 7.05 Å². The fraction of sp³-hybridized carbons (Fsp3) is 0.750. The molecule has 7 heteroatoms. The second-order valence-corrected chi connectivity index (χ2v) is 4.37. The summed E-state index contributed by atoms with van der Waals surface area (Å²) in [5.41, 5.74) is 0. The number of methoxy groups -OCH3 is 1. The Balaban J connectivity index is 4.54. The standard InChI is InChI=1S/C12H22N2O5/c1-5-6-8(2)14(3)12(18)13-9(11(16)17)7-10(15)19-4/h8-9H,5-7H2,1-4H3,(H,13,18)(H,16,17)/t8?,9-/m0/s1. The Labute approximate surface area is 112 Å². The largest absolute Gasteiger partial charge is 0.480 e. The van der Waals surface area contributed by atoms with Crippen LogP contribution in [0.2, 0.25) is 0 Å². The van der Waals surface area contributed by atoms with Gasteiger partial charge in [0, 0.05) is 13.1 Å². The number of amides is 2. The smallest absolute Gasteiger partial charge is 0.326 e. The minimum Gasteiger partial charge on any atom is -0.480 e. The Morgan fingerprint density at radius 1 is 1.37 bits per heavy atom. The van der Waals surface area contributed by atoms with E-state index in [9.17, 15) is 14.4 Å². The predicted molar refractivity (Wildman–Crippen MR) is 68.7 cm³/mol. The number of aliphatic carboxylic acids is 1. The maximum absolute atomic E-state index is 11.8. The highest BCUT2D eigenvalue weighted by molar-refractivity contribution is 5.86. The summed E-state index contributed by atoms with van der Waals surface area (Å²) in [4.78, 5) is 35.3. The number of carboxylic acid groups (broad SMARTS) is 1. The van der Waals surface area contributed by atoms with Crippen LogP contribution in [0.25, 0.3) is 0 Å². The lowest BCUT2D eigenvalue weighted by Gasteiger charge is -2.26. The van der Waals surface area contributed by atoms with E-state index in [0.29, 0.717) is 0 Å². The summed E-state index contributed by atoms with van der Waals surface area (Å²) < 4.78 is 4.39. The predicted octanol–water partition coefficient (Wildman–Crippen LogP) is 0.833. The number of esters is 1. The van der Waals surface area contributed by atoms with Gasteiger partial charge in [-0.25, -0.2) is 9.59 Å². The Bertz CT molecular complexity index is 332. The van der Waals surface area contributed by atoms with Crippen molar-refractivity contribution in [2.75, 3.05) is 14.2 Å². The van der Waals surface area contributed by atoms with Crippen LogP contribution in [0.5, 0.6) is 0 Å². The SMILES string of the molecule is CCCC(C)N(C)C(=O)N[C@@H](CC(=O)OC)C(=O)O. The number of nitrogens with one attached hydrogen (secondary N) is 1. The third-order valence-electron chi connectivity index (χ3n) is 2.88. The first kappa shape index (κ1) is 17.2. The van der Waals surface area contributed by atoms with Crippen molar-refractivity contribution in [3.05, 3.63) is 0 Å². The normalized spacial score (nSPS) is 13.3. The highest BCUT2D eigenvalue weighted by Crippen LogP contribution is 2.05. The van der Waals surface area contributed by atoms with Crippen molar-refractivity contribution < 1.29 is 24.2 Å². The van der Waals surface area contributed by atoms with Gasteiger partial charge in [0.05, 0.1) is 13.5 Å². The number of carbonyl (C=O) groups is 3. The molecule has 0 aliphatic heterocycles. The molecule has 2 N–H and O–H groups in total. The molecule has 0 spiro atoms. The Kier molecular flexibility index (Phi) is 7.55. The summed E-state index contributed by atoms with van der Waals surface area (Å²) in [6, 6.07) is -1.80. The summed E-state index contributed by atoms with van der Waals surface area (Å²) in [5, 5.41) is 11.3. The quantitative estimate of drug-likeness (QED) is 0.670. The molecule has 0 aliphatic carbocycles. The van der Waals surface area contributed by atoms with Crippen LogP contribution >= 0.6 is 0 Å². The monoisotopic (exact) mass is 274 g/mol. The van der Waals surface area contributed by atoms with E-state index in [2.05, 4.69) is 10.1 Å². The molecule has 110 valence electrons. The number of rotatable bonds is 7. The highest BCUT2D eigenvalue weighted by Gasteiger charge is 2.26. The van der Waals surface area contributed by atoms with E-state index < -0.39 is 30.4 Å². The van der Waals surface area contributed by atoms with Gasteiger partial charge in [-0.2, -0.15) is 0 Å². The number of carboxylic acids is 1. The average molecular weight is 274 g/mol. The molecule has 0 rings (SSSR count). The van der Waals surface area contributed by atoms with E-state index >= 15 is 0 Å². The molecule has 0 bridgehead atoms. The minimum atomic E-state index is -1.28. The van der Waals surface area contributed by atoms with Crippen LogP contribution in [0.4, 0.5) is 4.79 Å². The molecule has 0 saturated heterocycles. The molecule has 0 aromatic carbocycles. The van der Waals surface area contributed by atoms with Gasteiger partial charge in [0.15, 0.2) is 0 Å². The van der Waals surface area contributed by atoms with Gasteiger partial charge >= 0.3 is 18.0 Å². The van der Waals surface area contributed by atoms with Crippen molar-refractivity contribution in [1.82, 2.24) is 10.2 Å². The first-order valence-electron chi connectivity index (χ1n) is 6.16. The number of nitrogens with zero attached hydrogens (tertiary/aromatic N) is 1. The van der Waals surface area contributed by atoms with Crippen molar-refractivity contribution >= 4 is 18.0 Å². The maximum atomic E-state index is 11.8. The zero-order valence-corrected chi connectivity index (χ0v) is 11.8. The summed E-state index contributed by atoms with van der Waals surface area (Å²) in [6.45, 7) is 3.87. The van der Waals surface area contributed by atoms with Gasteiger partial charge in [0.1, 0.15) is 6.04 Å². The van der Waals surface area contributed by atoms with E-state index in [1.807, 2.05) is 13.8 Å². The third-order valence-corrected chi connectivity index (χ3v) is 2.88.